The first kappa shape index (κ1) is 16.3. The molecule has 2 N–H and O–H groups in total. The standard InChI is InChI=1S/C19H19N5O2/c1-2-14-22-15-13(8-9-20-17(15)23-14)19(26)24-11-10-21-18(25)16(24)12-6-4-3-5-7-12/h3-9,16H,2,10-11H2,1H3,(H,21,25)(H,20,22,23). The maximum Gasteiger partial charge on any atom is 0.257 e. The Bertz CT molecular complexity index is 966. The van der Waals surface area contributed by atoms with E-state index >= 15 is 0 Å². The van der Waals surface area contributed by atoms with Crippen LogP contribution >= 0.6 is 0 Å². The average Bonchev–Trinajstić information content (AvgIpc) is 3.11. The minimum absolute atomic E-state index is 0.167. The molecule has 4 rings (SSSR count). The second-order valence-corrected chi connectivity index (χ2v) is 6.20. The van der Waals surface area contributed by atoms with Crippen LogP contribution in [0.2, 0.25) is 0 Å². The number of hydrogen-bond donors (Lipinski definition) is 2. The van der Waals surface area contributed by atoms with E-state index in [-0.39, 0.29) is 11.8 Å². The molecular formula is C19H19N5O2. The fourth-order valence-corrected chi connectivity index (χ4v) is 3.31. The zero-order valence-corrected chi connectivity index (χ0v) is 14.4. The van der Waals surface area contributed by atoms with Crippen LogP contribution in [-0.2, 0) is 11.2 Å². The molecule has 1 aromatic carbocycles. The lowest BCUT2D eigenvalue weighted by Gasteiger charge is -2.35. The van der Waals surface area contributed by atoms with Gasteiger partial charge in [-0.25, -0.2) is 9.97 Å². The topological polar surface area (TPSA) is 91.0 Å². The third kappa shape index (κ3) is 2.71. The number of piperazine rings is 1. The number of aryl methyl sites for hydroxylation is 1. The Labute approximate surface area is 150 Å². The molecule has 26 heavy (non-hydrogen) atoms. The maximum atomic E-state index is 13.3. The van der Waals surface area contributed by atoms with Crippen molar-refractivity contribution in [2.75, 3.05) is 13.1 Å². The summed E-state index contributed by atoms with van der Waals surface area (Å²) in [6.45, 7) is 2.87. The highest BCUT2D eigenvalue weighted by Crippen LogP contribution is 2.26. The van der Waals surface area contributed by atoms with Gasteiger partial charge >= 0.3 is 0 Å². The minimum atomic E-state index is -0.644. The number of rotatable bonds is 3. The molecule has 1 unspecified atom stereocenters. The van der Waals surface area contributed by atoms with Crippen molar-refractivity contribution in [2.24, 2.45) is 0 Å². The summed E-state index contributed by atoms with van der Waals surface area (Å²) in [6, 6.07) is 10.4. The number of fused-ring (bicyclic) bond motifs is 1. The molecule has 0 saturated carbocycles. The molecule has 3 aromatic rings. The molecule has 1 atom stereocenters. The summed E-state index contributed by atoms with van der Waals surface area (Å²) < 4.78 is 0. The molecule has 1 aliphatic rings. The van der Waals surface area contributed by atoms with E-state index in [0.717, 1.165) is 17.8 Å². The van der Waals surface area contributed by atoms with Gasteiger partial charge in [-0.2, -0.15) is 0 Å². The number of imidazole rings is 1. The van der Waals surface area contributed by atoms with Crippen molar-refractivity contribution in [3.8, 4) is 0 Å². The lowest BCUT2D eigenvalue weighted by molar-refractivity contribution is -0.128. The molecule has 0 aliphatic carbocycles. The van der Waals surface area contributed by atoms with E-state index in [1.807, 2.05) is 37.3 Å². The molecule has 0 radical (unpaired) electrons. The second kappa shape index (κ2) is 6.59. The van der Waals surface area contributed by atoms with Gasteiger partial charge in [0.05, 0.1) is 11.1 Å². The number of hydrogen-bond acceptors (Lipinski definition) is 4. The van der Waals surface area contributed by atoms with Crippen LogP contribution < -0.4 is 5.32 Å². The normalized spacial score (nSPS) is 17.3. The summed E-state index contributed by atoms with van der Waals surface area (Å²) in [5.41, 5.74) is 2.41. The van der Waals surface area contributed by atoms with E-state index in [2.05, 4.69) is 20.3 Å². The second-order valence-electron chi connectivity index (χ2n) is 6.20. The third-order valence-electron chi connectivity index (χ3n) is 4.59. The van der Waals surface area contributed by atoms with Crippen molar-refractivity contribution in [1.82, 2.24) is 25.2 Å². The highest BCUT2D eigenvalue weighted by Gasteiger charge is 2.35. The summed E-state index contributed by atoms with van der Waals surface area (Å²) >= 11 is 0. The summed E-state index contributed by atoms with van der Waals surface area (Å²) in [4.78, 5) is 39.3. The monoisotopic (exact) mass is 349 g/mol. The van der Waals surface area contributed by atoms with E-state index in [1.165, 1.54) is 0 Å². The van der Waals surface area contributed by atoms with Crippen LogP contribution in [0.5, 0.6) is 0 Å². The molecule has 1 fully saturated rings. The predicted molar refractivity (Wildman–Crippen MR) is 96.5 cm³/mol. The zero-order valence-electron chi connectivity index (χ0n) is 14.4. The molecule has 0 bridgehead atoms. The fourth-order valence-electron chi connectivity index (χ4n) is 3.31. The molecule has 1 aliphatic heterocycles. The molecular weight excluding hydrogens is 330 g/mol. The van der Waals surface area contributed by atoms with Gasteiger partial charge in [-0.3, -0.25) is 9.59 Å². The van der Waals surface area contributed by atoms with Crippen LogP contribution in [0.1, 0.15) is 34.7 Å². The average molecular weight is 349 g/mol. The Hall–Kier alpha value is -3.22. The Balaban J connectivity index is 1.77. The summed E-state index contributed by atoms with van der Waals surface area (Å²) in [6.07, 6.45) is 2.31. The van der Waals surface area contributed by atoms with E-state index in [4.69, 9.17) is 0 Å². The van der Waals surface area contributed by atoms with Gasteiger partial charge in [0.2, 0.25) is 5.91 Å². The molecule has 2 amide bonds. The Morgan fingerprint density at radius 1 is 1.27 bits per heavy atom. The van der Waals surface area contributed by atoms with E-state index in [0.29, 0.717) is 29.8 Å². The molecule has 7 nitrogen and oxygen atoms in total. The van der Waals surface area contributed by atoms with Gasteiger partial charge in [-0.1, -0.05) is 37.3 Å². The molecule has 132 valence electrons. The molecule has 1 saturated heterocycles. The molecule has 3 heterocycles. The van der Waals surface area contributed by atoms with Gasteiger partial charge in [0, 0.05) is 25.7 Å². The van der Waals surface area contributed by atoms with Crippen LogP contribution in [0.3, 0.4) is 0 Å². The van der Waals surface area contributed by atoms with Crippen molar-refractivity contribution in [3.63, 3.8) is 0 Å². The Kier molecular flexibility index (Phi) is 4.12. The number of H-pyrrole nitrogens is 1. The number of benzene rings is 1. The van der Waals surface area contributed by atoms with Crippen LogP contribution in [0.25, 0.3) is 11.2 Å². The number of carbonyl (C=O) groups excluding carboxylic acids is 2. The maximum absolute atomic E-state index is 13.3. The number of carbonyl (C=O) groups is 2. The summed E-state index contributed by atoms with van der Waals surface area (Å²) in [5, 5.41) is 2.85. The highest BCUT2D eigenvalue weighted by molar-refractivity contribution is 6.06. The third-order valence-corrected chi connectivity index (χ3v) is 4.59. The van der Waals surface area contributed by atoms with Crippen LogP contribution in [-0.4, -0.2) is 44.8 Å². The van der Waals surface area contributed by atoms with Gasteiger partial charge < -0.3 is 15.2 Å². The van der Waals surface area contributed by atoms with Crippen LogP contribution in [0.4, 0.5) is 0 Å². The predicted octanol–water partition coefficient (Wildman–Crippen LogP) is 1.83. The fraction of sp³-hybridized carbons (Fsp3) is 0.263. The summed E-state index contributed by atoms with van der Waals surface area (Å²) in [7, 11) is 0. The number of pyridine rings is 1. The van der Waals surface area contributed by atoms with Crippen LogP contribution in [0.15, 0.2) is 42.6 Å². The molecule has 7 heteroatoms. The minimum Gasteiger partial charge on any atom is -0.352 e. The summed E-state index contributed by atoms with van der Waals surface area (Å²) in [5.74, 6) is 0.413. The van der Waals surface area contributed by atoms with Gasteiger partial charge in [0.1, 0.15) is 11.9 Å². The number of amides is 2. The van der Waals surface area contributed by atoms with Crippen molar-refractivity contribution < 1.29 is 9.59 Å². The van der Waals surface area contributed by atoms with Gasteiger partial charge in [0.25, 0.3) is 5.91 Å². The molecule has 0 spiro atoms. The smallest absolute Gasteiger partial charge is 0.257 e. The number of aromatic nitrogens is 3. The van der Waals surface area contributed by atoms with Gasteiger partial charge in [-0.05, 0) is 11.6 Å². The lowest BCUT2D eigenvalue weighted by Crippen LogP contribution is -2.52. The number of aromatic amines is 1. The molecule has 2 aromatic heterocycles. The van der Waals surface area contributed by atoms with Gasteiger partial charge in [0.15, 0.2) is 5.65 Å². The first-order valence-corrected chi connectivity index (χ1v) is 8.66. The first-order chi connectivity index (χ1) is 12.7. The van der Waals surface area contributed by atoms with E-state index < -0.39 is 6.04 Å². The number of nitrogens with one attached hydrogen (secondary N) is 2. The van der Waals surface area contributed by atoms with E-state index in [1.54, 1.807) is 17.2 Å². The lowest BCUT2D eigenvalue weighted by atomic mass is 10.0. The van der Waals surface area contributed by atoms with Gasteiger partial charge in [-0.15, -0.1) is 0 Å². The Morgan fingerprint density at radius 3 is 2.85 bits per heavy atom. The quantitative estimate of drug-likeness (QED) is 0.755. The van der Waals surface area contributed by atoms with Crippen LogP contribution in [0, 0.1) is 0 Å². The van der Waals surface area contributed by atoms with Crippen molar-refractivity contribution >= 4 is 23.0 Å². The zero-order chi connectivity index (χ0) is 18.1. The first-order valence-electron chi connectivity index (χ1n) is 8.66. The SMILES string of the molecule is CCc1nc2nccc(C(=O)N3CCNC(=O)C3c3ccccc3)c2[nH]1. The number of nitrogens with zero attached hydrogens (tertiary/aromatic N) is 3. The van der Waals surface area contributed by atoms with Crippen molar-refractivity contribution in [3.05, 3.63) is 59.5 Å². The van der Waals surface area contributed by atoms with Crippen molar-refractivity contribution in [2.45, 2.75) is 19.4 Å². The largest absolute Gasteiger partial charge is 0.352 e. The van der Waals surface area contributed by atoms with E-state index in [9.17, 15) is 9.59 Å². The Morgan fingerprint density at radius 2 is 2.08 bits per heavy atom. The highest BCUT2D eigenvalue weighted by atomic mass is 16.2. The van der Waals surface area contributed by atoms with Crippen molar-refractivity contribution in [1.29, 1.82) is 0 Å².